The molecule has 150 valence electrons. The van der Waals surface area contributed by atoms with Crippen LogP contribution in [0.3, 0.4) is 0 Å². The standard InChI is InChI=1S/C21H33N3O3/c1-16(25)22-19-12-21(23(2)14-19)7-9-24(10-8-21)13-18-11-17(15-26-3)5-6-20(18)27-4/h5-6,11,19H,7-10,12-15H2,1-4H3,(H,22,25)/t19-/m1/s1. The van der Waals surface area contributed by atoms with Gasteiger partial charge < -0.3 is 14.8 Å². The minimum absolute atomic E-state index is 0.0749. The van der Waals surface area contributed by atoms with Crippen molar-refractivity contribution in [2.75, 3.05) is 40.9 Å². The van der Waals surface area contributed by atoms with Gasteiger partial charge in [-0.25, -0.2) is 0 Å². The molecule has 0 saturated carbocycles. The third-order valence-electron chi connectivity index (χ3n) is 6.17. The smallest absolute Gasteiger partial charge is 0.217 e. The van der Waals surface area contributed by atoms with Gasteiger partial charge in [-0.2, -0.15) is 0 Å². The SMILES string of the molecule is COCc1ccc(OC)c(CN2CCC3(CC2)C[C@@H](NC(C)=O)CN3C)c1. The Balaban J connectivity index is 1.61. The zero-order valence-electron chi connectivity index (χ0n) is 17.1. The summed E-state index contributed by atoms with van der Waals surface area (Å²) in [6, 6.07) is 6.58. The van der Waals surface area contributed by atoms with Crippen LogP contribution in [0.4, 0.5) is 0 Å². The molecular weight excluding hydrogens is 342 g/mol. The summed E-state index contributed by atoms with van der Waals surface area (Å²) in [7, 11) is 5.66. The van der Waals surface area contributed by atoms with E-state index in [4.69, 9.17) is 9.47 Å². The number of benzene rings is 1. The van der Waals surface area contributed by atoms with Crippen LogP contribution in [0, 0.1) is 0 Å². The zero-order valence-corrected chi connectivity index (χ0v) is 17.1. The summed E-state index contributed by atoms with van der Waals surface area (Å²) in [5.41, 5.74) is 2.63. The Morgan fingerprint density at radius 3 is 2.67 bits per heavy atom. The van der Waals surface area contributed by atoms with Gasteiger partial charge in [0.15, 0.2) is 0 Å². The number of carbonyl (C=O) groups is 1. The quantitative estimate of drug-likeness (QED) is 0.824. The normalized spacial score (nSPS) is 22.9. The average molecular weight is 376 g/mol. The fourth-order valence-corrected chi connectivity index (χ4v) is 4.75. The number of ether oxygens (including phenoxy) is 2. The van der Waals surface area contributed by atoms with Crippen LogP contribution in [0.1, 0.15) is 37.3 Å². The third-order valence-corrected chi connectivity index (χ3v) is 6.17. The molecule has 1 amide bonds. The molecule has 2 aliphatic rings. The summed E-state index contributed by atoms with van der Waals surface area (Å²) >= 11 is 0. The van der Waals surface area contributed by atoms with Crippen LogP contribution >= 0.6 is 0 Å². The first-order chi connectivity index (χ1) is 13.0. The number of nitrogens with one attached hydrogen (secondary N) is 1. The van der Waals surface area contributed by atoms with Gasteiger partial charge in [-0.3, -0.25) is 14.6 Å². The average Bonchev–Trinajstić information content (AvgIpc) is 2.92. The molecule has 0 unspecified atom stereocenters. The highest BCUT2D eigenvalue weighted by Gasteiger charge is 2.45. The summed E-state index contributed by atoms with van der Waals surface area (Å²) < 4.78 is 10.8. The lowest BCUT2D eigenvalue weighted by molar-refractivity contribution is -0.119. The molecule has 3 rings (SSSR count). The highest BCUT2D eigenvalue weighted by Crippen LogP contribution is 2.38. The molecule has 1 atom stereocenters. The lowest BCUT2D eigenvalue weighted by atomic mass is 9.84. The number of hydrogen-bond donors (Lipinski definition) is 1. The van der Waals surface area contributed by atoms with Gasteiger partial charge in [0.25, 0.3) is 0 Å². The number of nitrogens with zero attached hydrogens (tertiary/aromatic N) is 2. The second-order valence-electron chi connectivity index (χ2n) is 8.06. The van der Waals surface area contributed by atoms with Gasteiger partial charge in [0.1, 0.15) is 5.75 Å². The highest BCUT2D eigenvalue weighted by molar-refractivity contribution is 5.73. The van der Waals surface area contributed by atoms with Crippen molar-refractivity contribution in [3.63, 3.8) is 0 Å². The highest BCUT2D eigenvalue weighted by atomic mass is 16.5. The molecule has 6 heteroatoms. The van der Waals surface area contributed by atoms with Crippen LogP contribution in [0.25, 0.3) is 0 Å². The van der Waals surface area contributed by atoms with Crippen molar-refractivity contribution in [2.45, 2.75) is 50.9 Å². The summed E-state index contributed by atoms with van der Waals surface area (Å²) in [4.78, 5) is 16.4. The molecule has 2 saturated heterocycles. The van der Waals surface area contributed by atoms with E-state index >= 15 is 0 Å². The molecule has 0 radical (unpaired) electrons. The number of hydrogen-bond acceptors (Lipinski definition) is 5. The third kappa shape index (κ3) is 4.62. The summed E-state index contributed by atoms with van der Waals surface area (Å²) in [6.07, 6.45) is 3.34. The molecule has 2 fully saturated rings. The summed E-state index contributed by atoms with van der Waals surface area (Å²) in [6.45, 7) is 6.21. The van der Waals surface area contributed by atoms with Crippen LogP contribution in [0.15, 0.2) is 18.2 Å². The van der Waals surface area contributed by atoms with Gasteiger partial charge >= 0.3 is 0 Å². The van der Waals surface area contributed by atoms with Crippen LogP contribution in [-0.2, 0) is 22.7 Å². The lowest BCUT2D eigenvalue weighted by Gasteiger charge is -2.43. The molecule has 6 nitrogen and oxygen atoms in total. The van der Waals surface area contributed by atoms with E-state index in [0.29, 0.717) is 6.61 Å². The molecule has 2 heterocycles. The van der Waals surface area contributed by atoms with Crippen LogP contribution in [-0.4, -0.2) is 68.2 Å². The van der Waals surface area contributed by atoms with E-state index in [9.17, 15) is 4.79 Å². The van der Waals surface area contributed by atoms with Crippen molar-refractivity contribution >= 4 is 5.91 Å². The maximum atomic E-state index is 11.4. The summed E-state index contributed by atoms with van der Waals surface area (Å²) in [5, 5.41) is 3.11. The molecule has 1 aromatic carbocycles. The van der Waals surface area contributed by atoms with Crippen LogP contribution in [0.5, 0.6) is 5.75 Å². The van der Waals surface area contributed by atoms with Crippen LogP contribution in [0.2, 0.25) is 0 Å². The van der Waals surface area contributed by atoms with Gasteiger partial charge in [0, 0.05) is 57.4 Å². The summed E-state index contributed by atoms with van der Waals surface area (Å²) in [5.74, 6) is 1.02. The molecule has 0 bridgehead atoms. The van der Waals surface area contributed by atoms with E-state index < -0.39 is 0 Å². The zero-order chi connectivity index (χ0) is 19.4. The van der Waals surface area contributed by atoms with Crippen molar-refractivity contribution in [2.24, 2.45) is 0 Å². The molecule has 1 aromatic rings. The maximum absolute atomic E-state index is 11.4. The monoisotopic (exact) mass is 375 g/mol. The first-order valence-corrected chi connectivity index (χ1v) is 9.81. The number of likely N-dealkylation sites (N-methyl/N-ethyl adjacent to an activating group) is 1. The van der Waals surface area contributed by atoms with E-state index in [0.717, 1.165) is 51.2 Å². The van der Waals surface area contributed by atoms with E-state index in [2.05, 4.69) is 34.3 Å². The van der Waals surface area contributed by atoms with Crippen molar-refractivity contribution in [3.8, 4) is 5.75 Å². The molecule has 0 aliphatic carbocycles. The largest absolute Gasteiger partial charge is 0.496 e. The van der Waals surface area contributed by atoms with Gasteiger partial charge in [0.05, 0.1) is 13.7 Å². The van der Waals surface area contributed by atoms with E-state index in [1.807, 2.05) is 6.07 Å². The fourth-order valence-electron chi connectivity index (χ4n) is 4.75. The van der Waals surface area contributed by atoms with E-state index in [1.165, 1.54) is 11.1 Å². The Hall–Kier alpha value is -1.63. The predicted molar refractivity (Wildman–Crippen MR) is 106 cm³/mol. The second-order valence-corrected chi connectivity index (χ2v) is 8.06. The molecule has 1 N–H and O–H groups in total. The van der Waals surface area contributed by atoms with Crippen molar-refractivity contribution in [1.82, 2.24) is 15.1 Å². The first-order valence-electron chi connectivity index (χ1n) is 9.81. The van der Waals surface area contributed by atoms with E-state index in [-0.39, 0.29) is 17.5 Å². The van der Waals surface area contributed by atoms with Crippen LogP contribution < -0.4 is 10.1 Å². The first kappa shape index (κ1) is 20.1. The number of piperidine rings is 1. The topological polar surface area (TPSA) is 54.0 Å². The lowest BCUT2D eigenvalue weighted by Crippen LogP contribution is -2.50. The molecule has 1 spiro atoms. The van der Waals surface area contributed by atoms with E-state index in [1.54, 1.807) is 21.1 Å². The van der Waals surface area contributed by atoms with Gasteiger partial charge in [-0.1, -0.05) is 6.07 Å². The molecular formula is C21H33N3O3. The van der Waals surface area contributed by atoms with Crippen molar-refractivity contribution in [1.29, 1.82) is 0 Å². The minimum Gasteiger partial charge on any atom is -0.496 e. The number of likely N-dealkylation sites (tertiary alicyclic amines) is 2. The Kier molecular flexibility index (Phi) is 6.40. The van der Waals surface area contributed by atoms with Gasteiger partial charge in [0.2, 0.25) is 5.91 Å². The maximum Gasteiger partial charge on any atom is 0.217 e. The Labute approximate surface area is 162 Å². The number of methoxy groups -OCH3 is 2. The molecule has 27 heavy (non-hydrogen) atoms. The minimum atomic E-state index is 0.0749. The number of rotatable bonds is 6. The number of amides is 1. The molecule has 0 aromatic heterocycles. The van der Waals surface area contributed by atoms with Crippen molar-refractivity contribution in [3.05, 3.63) is 29.3 Å². The second kappa shape index (κ2) is 8.59. The van der Waals surface area contributed by atoms with Gasteiger partial charge in [-0.15, -0.1) is 0 Å². The Morgan fingerprint density at radius 2 is 2.04 bits per heavy atom. The van der Waals surface area contributed by atoms with Gasteiger partial charge in [-0.05, 0) is 44.0 Å². The Bertz CT molecular complexity index is 656. The van der Waals surface area contributed by atoms with Crippen molar-refractivity contribution < 1.29 is 14.3 Å². The fraction of sp³-hybridized carbons (Fsp3) is 0.667. The predicted octanol–water partition coefficient (Wildman–Crippen LogP) is 2.02. The number of carbonyl (C=O) groups excluding carboxylic acids is 1. The molecule has 2 aliphatic heterocycles. The Morgan fingerprint density at radius 1 is 1.30 bits per heavy atom.